The molecule has 0 spiro atoms. The highest BCUT2D eigenvalue weighted by atomic mass is 32.2. The first-order valence-electron chi connectivity index (χ1n) is 4.98. The molecule has 1 aliphatic rings. The molecule has 0 radical (unpaired) electrons. The molecule has 0 aromatic heterocycles. The largest absolute Gasteiger partial charge is 0.377 e. The maximum atomic E-state index is 11.9. The first-order chi connectivity index (χ1) is 6.47. The Balaban J connectivity index is 2.65. The Morgan fingerprint density at radius 2 is 2.21 bits per heavy atom. The molecule has 3 atom stereocenters. The third kappa shape index (κ3) is 2.68. The summed E-state index contributed by atoms with van der Waals surface area (Å²) in [5.41, 5.74) is 0. The molecule has 1 rings (SSSR count). The summed E-state index contributed by atoms with van der Waals surface area (Å²) in [5, 5.41) is 2.63. The van der Waals surface area contributed by atoms with E-state index >= 15 is 0 Å². The van der Waals surface area contributed by atoms with Gasteiger partial charge in [0.2, 0.25) is 0 Å². The van der Waals surface area contributed by atoms with Gasteiger partial charge in [0, 0.05) is 12.6 Å². The van der Waals surface area contributed by atoms with Crippen LogP contribution in [-0.4, -0.2) is 45.2 Å². The van der Waals surface area contributed by atoms with Gasteiger partial charge in [-0.3, -0.25) is 0 Å². The molecule has 0 aromatic rings. The molecule has 14 heavy (non-hydrogen) atoms. The Hall–Kier alpha value is -0.130. The van der Waals surface area contributed by atoms with Gasteiger partial charge in [-0.1, -0.05) is 0 Å². The predicted molar refractivity (Wildman–Crippen MR) is 56.1 cm³/mol. The van der Waals surface area contributed by atoms with E-state index in [9.17, 15) is 8.42 Å². The van der Waals surface area contributed by atoms with E-state index in [-0.39, 0.29) is 23.1 Å². The average Bonchev–Trinajstić information content (AvgIpc) is 2.51. The van der Waals surface area contributed by atoms with E-state index in [0.29, 0.717) is 13.0 Å². The Morgan fingerprint density at radius 3 is 2.64 bits per heavy atom. The van der Waals surface area contributed by atoms with Crippen LogP contribution in [0.3, 0.4) is 0 Å². The Bertz CT molecular complexity index is 276. The molecule has 0 aromatic carbocycles. The molecular weight excluding hydrogens is 202 g/mol. The molecule has 5 heteroatoms. The molecule has 0 bridgehead atoms. The molecular formula is C9H19NO3S. The van der Waals surface area contributed by atoms with Crippen LogP contribution in [-0.2, 0) is 14.6 Å². The van der Waals surface area contributed by atoms with E-state index in [2.05, 4.69) is 5.32 Å². The Labute approximate surface area is 85.9 Å². The summed E-state index contributed by atoms with van der Waals surface area (Å²) in [7, 11) is -1.24. The normalized spacial score (nSPS) is 30.5. The van der Waals surface area contributed by atoms with Crippen LogP contribution < -0.4 is 5.32 Å². The zero-order chi connectivity index (χ0) is 10.8. The van der Waals surface area contributed by atoms with E-state index in [1.54, 1.807) is 7.05 Å². The lowest BCUT2D eigenvalue weighted by atomic mass is 10.3. The van der Waals surface area contributed by atoms with Crippen LogP contribution in [0.25, 0.3) is 0 Å². The van der Waals surface area contributed by atoms with Gasteiger partial charge in [0.05, 0.1) is 17.1 Å². The van der Waals surface area contributed by atoms with Crippen molar-refractivity contribution in [1.82, 2.24) is 5.32 Å². The van der Waals surface area contributed by atoms with Gasteiger partial charge in [0.15, 0.2) is 9.84 Å². The maximum absolute atomic E-state index is 11.9. The lowest BCUT2D eigenvalue weighted by molar-refractivity contribution is 0.126. The first-order valence-corrected chi connectivity index (χ1v) is 6.69. The van der Waals surface area contributed by atoms with Crippen LogP contribution in [0.15, 0.2) is 0 Å². The molecule has 84 valence electrons. The highest BCUT2D eigenvalue weighted by molar-refractivity contribution is 7.92. The van der Waals surface area contributed by atoms with Gasteiger partial charge >= 0.3 is 0 Å². The van der Waals surface area contributed by atoms with Gasteiger partial charge in [-0.05, 0) is 27.3 Å². The van der Waals surface area contributed by atoms with Gasteiger partial charge < -0.3 is 10.1 Å². The highest BCUT2D eigenvalue weighted by Gasteiger charge is 2.36. The molecule has 3 unspecified atom stereocenters. The highest BCUT2D eigenvalue weighted by Crippen LogP contribution is 2.21. The van der Waals surface area contributed by atoms with E-state index in [1.807, 2.05) is 13.8 Å². The third-order valence-corrected chi connectivity index (χ3v) is 5.25. The molecule has 4 nitrogen and oxygen atoms in total. The van der Waals surface area contributed by atoms with Crippen LogP contribution in [0.5, 0.6) is 0 Å². The van der Waals surface area contributed by atoms with Crippen LogP contribution >= 0.6 is 0 Å². The molecule has 1 aliphatic heterocycles. The monoisotopic (exact) mass is 221 g/mol. The zero-order valence-electron chi connectivity index (χ0n) is 8.99. The fourth-order valence-electron chi connectivity index (χ4n) is 1.74. The van der Waals surface area contributed by atoms with Gasteiger partial charge in [-0.25, -0.2) is 8.42 Å². The van der Waals surface area contributed by atoms with Crippen molar-refractivity contribution in [2.45, 2.75) is 37.7 Å². The van der Waals surface area contributed by atoms with Crippen molar-refractivity contribution in [3.8, 4) is 0 Å². The van der Waals surface area contributed by atoms with Crippen molar-refractivity contribution in [3.63, 3.8) is 0 Å². The minimum Gasteiger partial charge on any atom is -0.377 e. The molecule has 0 amide bonds. The molecule has 1 N–H and O–H groups in total. The van der Waals surface area contributed by atoms with E-state index < -0.39 is 9.84 Å². The molecule has 0 aliphatic carbocycles. The van der Waals surface area contributed by atoms with Gasteiger partial charge in [0.1, 0.15) is 0 Å². The SMILES string of the molecule is CNC(C)CS(=O)(=O)C1CCOC1C. The summed E-state index contributed by atoms with van der Waals surface area (Å²) in [6, 6.07) is 0.00722. The second-order valence-corrected chi connectivity index (χ2v) is 6.19. The second-order valence-electron chi connectivity index (χ2n) is 3.92. The minimum absolute atomic E-state index is 0.00722. The van der Waals surface area contributed by atoms with E-state index in [0.717, 1.165) is 0 Å². The summed E-state index contributed by atoms with van der Waals surface area (Å²) in [6.07, 6.45) is 0.490. The standard InChI is InChI=1S/C9H19NO3S/c1-7(10-3)6-14(11,12)9-4-5-13-8(9)2/h7-10H,4-6H2,1-3H3. The molecule has 1 saturated heterocycles. The van der Waals surface area contributed by atoms with Crippen LogP contribution in [0, 0.1) is 0 Å². The summed E-state index contributed by atoms with van der Waals surface area (Å²) in [4.78, 5) is 0. The van der Waals surface area contributed by atoms with Gasteiger partial charge in [0.25, 0.3) is 0 Å². The van der Waals surface area contributed by atoms with Crippen LogP contribution in [0.4, 0.5) is 0 Å². The minimum atomic E-state index is -3.01. The number of hydrogen-bond donors (Lipinski definition) is 1. The maximum Gasteiger partial charge on any atom is 0.157 e. The molecule has 0 saturated carbocycles. The summed E-state index contributed by atoms with van der Waals surface area (Å²) < 4.78 is 29.1. The predicted octanol–water partition coefficient (Wildman–Crippen LogP) is 0.187. The quantitative estimate of drug-likeness (QED) is 0.736. The second kappa shape index (κ2) is 4.59. The van der Waals surface area contributed by atoms with E-state index in [1.165, 1.54) is 0 Å². The van der Waals surface area contributed by atoms with Crippen molar-refractivity contribution in [1.29, 1.82) is 0 Å². The van der Waals surface area contributed by atoms with E-state index in [4.69, 9.17) is 4.74 Å². The van der Waals surface area contributed by atoms with Crippen molar-refractivity contribution >= 4 is 9.84 Å². The number of hydrogen-bond acceptors (Lipinski definition) is 4. The summed E-state index contributed by atoms with van der Waals surface area (Å²) in [5.74, 6) is 0.196. The smallest absolute Gasteiger partial charge is 0.157 e. The molecule has 1 heterocycles. The van der Waals surface area contributed by atoms with Crippen LogP contribution in [0.2, 0.25) is 0 Å². The topological polar surface area (TPSA) is 55.4 Å². The van der Waals surface area contributed by atoms with Crippen molar-refractivity contribution in [2.75, 3.05) is 19.4 Å². The van der Waals surface area contributed by atoms with Crippen molar-refractivity contribution in [3.05, 3.63) is 0 Å². The summed E-state index contributed by atoms with van der Waals surface area (Å²) in [6.45, 7) is 4.27. The van der Waals surface area contributed by atoms with Gasteiger partial charge in [-0.2, -0.15) is 0 Å². The Kier molecular flexibility index (Phi) is 3.92. The van der Waals surface area contributed by atoms with Gasteiger partial charge in [-0.15, -0.1) is 0 Å². The lowest BCUT2D eigenvalue weighted by Gasteiger charge is -2.17. The fourth-order valence-corrected chi connectivity index (χ4v) is 3.97. The third-order valence-electron chi connectivity index (χ3n) is 2.74. The molecule has 1 fully saturated rings. The Morgan fingerprint density at radius 1 is 1.57 bits per heavy atom. The first kappa shape index (κ1) is 11.9. The number of rotatable bonds is 4. The number of nitrogens with one attached hydrogen (secondary N) is 1. The summed E-state index contributed by atoms with van der Waals surface area (Å²) >= 11 is 0. The number of sulfone groups is 1. The van der Waals surface area contributed by atoms with Crippen molar-refractivity contribution < 1.29 is 13.2 Å². The van der Waals surface area contributed by atoms with Crippen molar-refractivity contribution in [2.24, 2.45) is 0 Å². The van der Waals surface area contributed by atoms with Crippen LogP contribution in [0.1, 0.15) is 20.3 Å². The lowest BCUT2D eigenvalue weighted by Crippen LogP contribution is -2.37. The fraction of sp³-hybridized carbons (Fsp3) is 1.00. The number of ether oxygens (including phenoxy) is 1. The zero-order valence-corrected chi connectivity index (χ0v) is 9.80. The average molecular weight is 221 g/mol.